The lowest BCUT2D eigenvalue weighted by Gasteiger charge is -2.09. The van der Waals surface area contributed by atoms with E-state index in [-0.39, 0.29) is 0 Å². The molecule has 4 nitrogen and oxygen atoms in total. The van der Waals surface area contributed by atoms with E-state index in [0.717, 1.165) is 15.6 Å². The molecule has 0 saturated heterocycles. The zero-order valence-electron chi connectivity index (χ0n) is 11.4. The molecule has 21 heavy (non-hydrogen) atoms. The van der Waals surface area contributed by atoms with Gasteiger partial charge < -0.3 is 11.5 Å². The van der Waals surface area contributed by atoms with E-state index in [9.17, 15) is 9.00 Å². The highest BCUT2D eigenvalue weighted by atomic mass is 79.9. The van der Waals surface area contributed by atoms with Crippen molar-refractivity contribution in [2.75, 3.05) is 5.73 Å². The van der Waals surface area contributed by atoms with Crippen LogP contribution in [0.25, 0.3) is 0 Å². The van der Waals surface area contributed by atoms with Gasteiger partial charge in [-0.3, -0.25) is 9.00 Å². The minimum Gasteiger partial charge on any atom is -0.399 e. The highest BCUT2D eigenvalue weighted by Gasteiger charge is 2.12. The van der Waals surface area contributed by atoms with Gasteiger partial charge in [0, 0.05) is 15.7 Å². The molecule has 110 valence electrons. The van der Waals surface area contributed by atoms with E-state index < -0.39 is 16.7 Å². The molecule has 1 unspecified atom stereocenters. The van der Waals surface area contributed by atoms with E-state index in [4.69, 9.17) is 11.5 Å². The molecule has 0 aliphatic heterocycles. The van der Waals surface area contributed by atoms with Gasteiger partial charge in [0.25, 0.3) is 0 Å². The second-order valence-electron chi connectivity index (χ2n) is 4.69. The van der Waals surface area contributed by atoms with Crippen LogP contribution in [0.15, 0.2) is 45.8 Å². The molecule has 0 aliphatic rings. The first-order valence-corrected chi connectivity index (χ1v) is 8.32. The molecule has 6 heteroatoms. The van der Waals surface area contributed by atoms with E-state index in [1.807, 2.05) is 6.92 Å². The smallest absolute Gasteiger partial charge is 0.248 e. The molecule has 1 atom stereocenters. The maximum absolute atomic E-state index is 12.5. The maximum atomic E-state index is 12.5. The molecule has 4 N–H and O–H groups in total. The molecule has 0 aromatic heterocycles. The van der Waals surface area contributed by atoms with Gasteiger partial charge in [0.05, 0.1) is 21.4 Å². The molecule has 0 heterocycles. The zero-order chi connectivity index (χ0) is 15.6. The summed E-state index contributed by atoms with van der Waals surface area (Å²) in [6.07, 6.45) is 0. The average Bonchev–Trinajstić information content (AvgIpc) is 2.40. The van der Waals surface area contributed by atoms with Crippen molar-refractivity contribution >= 4 is 38.3 Å². The van der Waals surface area contributed by atoms with Crippen molar-refractivity contribution in [1.29, 1.82) is 0 Å². The quantitative estimate of drug-likeness (QED) is 0.815. The molecule has 1 amide bonds. The van der Waals surface area contributed by atoms with E-state index >= 15 is 0 Å². The number of amides is 1. The lowest BCUT2D eigenvalue weighted by molar-refractivity contribution is 0.1000. The Morgan fingerprint density at radius 2 is 1.95 bits per heavy atom. The second kappa shape index (κ2) is 6.41. The number of hydrogen-bond acceptors (Lipinski definition) is 3. The van der Waals surface area contributed by atoms with Gasteiger partial charge in [-0.2, -0.15) is 0 Å². The van der Waals surface area contributed by atoms with Gasteiger partial charge in [-0.15, -0.1) is 0 Å². The third-order valence-electron chi connectivity index (χ3n) is 3.11. The predicted octanol–water partition coefficient (Wildman–Crippen LogP) is 2.75. The van der Waals surface area contributed by atoms with Gasteiger partial charge in [-0.05, 0) is 64.3 Å². The van der Waals surface area contributed by atoms with Gasteiger partial charge in [0.15, 0.2) is 0 Å². The first kappa shape index (κ1) is 15.7. The summed E-state index contributed by atoms with van der Waals surface area (Å²) in [7, 11) is -1.20. The zero-order valence-corrected chi connectivity index (χ0v) is 13.8. The van der Waals surface area contributed by atoms with Gasteiger partial charge in [0.1, 0.15) is 0 Å². The first-order valence-electron chi connectivity index (χ1n) is 6.21. The number of benzene rings is 2. The van der Waals surface area contributed by atoms with Crippen LogP contribution in [0.1, 0.15) is 21.5 Å². The highest BCUT2D eigenvalue weighted by molar-refractivity contribution is 9.10. The van der Waals surface area contributed by atoms with E-state index in [1.165, 1.54) is 0 Å². The van der Waals surface area contributed by atoms with Gasteiger partial charge in [-0.1, -0.05) is 6.07 Å². The fraction of sp³-hybridized carbons (Fsp3) is 0.133. The van der Waals surface area contributed by atoms with Crippen molar-refractivity contribution < 1.29 is 9.00 Å². The summed E-state index contributed by atoms with van der Waals surface area (Å²) in [4.78, 5) is 11.8. The fourth-order valence-corrected chi connectivity index (χ4v) is 4.13. The van der Waals surface area contributed by atoms with Crippen LogP contribution in [0.3, 0.4) is 0 Å². The second-order valence-corrected chi connectivity index (χ2v) is 6.96. The number of primary amides is 1. The number of anilines is 1. The molecule has 2 rings (SSSR count). The number of carbonyl (C=O) groups is 1. The topological polar surface area (TPSA) is 86.2 Å². The van der Waals surface area contributed by atoms with E-state index in [0.29, 0.717) is 21.9 Å². The molecule has 2 aromatic rings. The summed E-state index contributed by atoms with van der Waals surface area (Å²) in [6.45, 7) is 1.87. The monoisotopic (exact) mass is 366 g/mol. The van der Waals surface area contributed by atoms with Crippen LogP contribution in [-0.2, 0) is 16.6 Å². The molecular weight excluding hydrogens is 352 g/mol. The third kappa shape index (κ3) is 3.71. The average molecular weight is 367 g/mol. The Kier molecular flexibility index (Phi) is 4.80. The third-order valence-corrected chi connectivity index (χ3v) is 5.45. The van der Waals surface area contributed by atoms with E-state index in [2.05, 4.69) is 15.9 Å². The molecule has 0 saturated carbocycles. The minimum absolute atomic E-state index is 0.368. The van der Waals surface area contributed by atoms with Crippen molar-refractivity contribution in [3.8, 4) is 0 Å². The number of nitrogen functional groups attached to an aromatic ring is 1. The summed E-state index contributed by atoms with van der Waals surface area (Å²) in [5.41, 5.74) is 13.8. The Bertz CT molecular complexity index is 732. The molecule has 0 fully saturated rings. The molecule has 0 radical (unpaired) electrons. The van der Waals surface area contributed by atoms with Crippen LogP contribution >= 0.6 is 15.9 Å². The molecule has 0 spiro atoms. The van der Waals surface area contributed by atoms with E-state index in [1.54, 1.807) is 36.4 Å². The Hall–Kier alpha value is -1.66. The lowest BCUT2D eigenvalue weighted by Crippen LogP contribution is -2.11. The summed E-state index contributed by atoms with van der Waals surface area (Å²) in [6, 6.07) is 10.4. The summed E-state index contributed by atoms with van der Waals surface area (Å²) < 4.78 is 13.2. The summed E-state index contributed by atoms with van der Waals surface area (Å²) in [5, 5.41) is 0. The van der Waals surface area contributed by atoms with Crippen molar-refractivity contribution in [1.82, 2.24) is 0 Å². The van der Waals surface area contributed by atoms with Crippen molar-refractivity contribution in [3.05, 3.63) is 57.6 Å². The maximum Gasteiger partial charge on any atom is 0.248 e. The van der Waals surface area contributed by atoms with Crippen LogP contribution in [0, 0.1) is 6.92 Å². The van der Waals surface area contributed by atoms with Crippen LogP contribution in [0.4, 0.5) is 5.69 Å². The highest BCUT2D eigenvalue weighted by Crippen LogP contribution is 2.25. The summed E-state index contributed by atoms with van der Waals surface area (Å²) >= 11 is 3.38. The minimum atomic E-state index is -1.20. The van der Waals surface area contributed by atoms with Crippen molar-refractivity contribution in [3.63, 3.8) is 0 Å². The van der Waals surface area contributed by atoms with Crippen LogP contribution in [-0.4, -0.2) is 10.1 Å². The SMILES string of the molecule is Cc1cc(C(N)=O)ccc1CS(=O)c1ccc(N)cc1Br. The molecule has 0 bridgehead atoms. The Labute approximate surface area is 134 Å². The molecule has 2 aromatic carbocycles. The standard InChI is InChI=1S/C15H15BrN2O2S/c1-9-6-10(15(18)19)2-3-11(9)8-21(20)14-5-4-12(17)7-13(14)16/h2-7H,8,17H2,1H3,(H2,18,19). The van der Waals surface area contributed by atoms with Crippen molar-refractivity contribution in [2.24, 2.45) is 5.73 Å². The van der Waals surface area contributed by atoms with Gasteiger partial charge in [0.2, 0.25) is 5.91 Å². The van der Waals surface area contributed by atoms with Gasteiger partial charge >= 0.3 is 0 Å². The van der Waals surface area contributed by atoms with Crippen LogP contribution in [0.2, 0.25) is 0 Å². The van der Waals surface area contributed by atoms with Crippen LogP contribution < -0.4 is 11.5 Å². The Morgan fingerprint density at radius 1 is 1.24 bits per heavy atom. The number of carbonyl (C=O) groups excluding carboxylic acids is 1. The normalized spacial score (nSPS) is 12.1. The Balaban J connectivity index is 2.25. The summed E-state index contributed by atoms with van der Waals surface area (Å²) in [5.74, 6) is -0.0972. The first-order chi connectivity index (χ1) is 9.88. The molecule has 0 aliphatic carbocycles. The number of halogens is 1. The van der Waals surface area contributed by atoms with Gasteiger partial charge in [-0.25, -0.2) is 0 Å². The Morgan fingerprint density at radius 3 is 2.52 bits per heavy atom. The lowest BCUT2D eigenvalue weighted by atomic mass is 10.1. The number of hydrogen-bond donors (Lipinski definition) is 2. The number of rotatable bonds is 4. The largest absolute Gasteiger partial charge is 0.399 e. The van der Waals surface area contributed by atoms with Crippen LogP contribution in [0.5, 0.6) is 0 Å². The fourth-order valence-electron chi connectivity index (χ4n) is 1.93. The number of aryl methyl sites for hydroxylation is 1. The number of nitrogens with two attached hydrogens (primary N) is 2. The van der Waals surface area contributed by atoms with Crippen molar-refractivity contribution in [2.45, 2.75) is 17.6 Å². The predicted molar refractivity (Wildman–Crippen MR) is 88.4 cm³/mol. The molecular formula is C15H15BrN2O2S.